The first-order valence-corrected chi connectivity index (χ1v) is 7.67. The summed E-state index contributed by atoms with van der Waals surface area (Å²) in [4.78, 5) is 7.11. The average molecular weight is 265 g/mol. The highest BCUT2D eigenvalue weighted by Crippen LogP contribution is 2.37. The summed E-state index contributed by atoms with van der Waals surface area (Å²) in [7, 11) is 0. The number of fused-ring (bicyclic) bond motifs is 1. The van der Waals surface area contributed by atoms with E-state index < -0.39 is 0 Å². The van der Waals surface area contributed by atoms with Gasteiger partial charge in [-0.05, 0) is 36.8 Å². The van der Waals surface area contributed by atoms with Crippen LogP contribution in [0.25, 0.3) is 0 Å². The van der Waals surface area contributed by atoms with Gasteiger partial charge in [0.05, 0.1) is 11.6 Å². The Kier molecular flexibility index (Phi) is 3.74. The van der Waals surface area contributed by atoms with Crippen LogP contribution in [0.3, 0.4) is 0 Å². The summed E-state index contributed by atoms with van der Waals surface area (Å²) >= 11 is 5.87. The van der Waals surface area contributed by atoms with Crippen molar-refractivity contribution in [2.75, 3.05) is 18.0 Å². The molecule has 0 aromatic carbocycles. The number of alkyl halides is 1. The van der Waals surface area contributed by atoms with Crippen molar-refractivity contribution < 1.29 is 0 Å². The van der Waals surface area contributed by atoms with Gasteiger partial charge in [-0.2, -0.15) is 0 Å². The Balaban J connectivity index is 1.72. The van der Waals surface area contributed by atoms with Crippen molar-refractivity contribution in [2.45, 2.75) is 38.0 Å². The van der Waals surface area contributed by atoms with Crippen molar-refractivity contribution in [3.63, 3.8) is 0 Å². The van der Waals surface area contributed by atoms with Crippen LogP contribution < -0.4 is 4.90 Å². The van der Waals surface area contributed by atoms with Gasteiger partial charge in [0.1, 0.15) is 5.82 Å². The van der Waals surface area contributed by atoms with E-state index in [4.69, 9.17) is 11.6 Å². The lowest BCUT2D eigenvalue weighted by Crippen LogP contribution is -2.42. The molecule has 2 nitrogen and oxygen atoms in total. The summed E-state index contributed by atoms with van der Waals surface area (Å²) in [6.07, 6.45) is 7.08. The third-order valence-corrected chi connectivity index (χ3v) is 4.82. The van der Waals surface area contributed by atoms with Crippen molar-refractivity contribution in [1.29, 1.82) is 0 Å². The second-order valence-electron chi connectivity index (χ2n) is 5.66. The first-order chi connectivity index (χ1) is 8.86. The number of hydrogen-bond donors (Lipinski definition) is 0. The van der Waals surface area contributed by atoms with E-state index in [0.29, 0.717) is 5.88 Å². The van der Waals surface area contributed by atoms with Gasteiger partial charge < -0.3 is 4.90 Å². The van der Waals surface area contributed by atoms with E-state index in [0.717, 1.165) is 23.3 Å². The standard InChI is InChI=1S/C15H21ClN2/c16-10-14-6-3-7-15(17-14)18-9-8-12-4-1-2-5-13(12)11-18/h3,6-7,12-13H,1-2,4-5,8-11H2. The molecule has 98 valence electrons. The lowest BCUT2D eigenvalue weighted by Gasteiger charge is -2.41. The Morgan fingerprint density at radius 1 is 1.17 bits per heavy atom. The fraction of sp³-hybridized carbons (Fsp3) is 0.667. The normalized spacial score (nSPS) is 27.9. The number of piperidine rings is 1. The first-order valence-electron chi connectivity index (χ1n) is 7.13. The molecule has 0 radical (unpaired) electrons. The molecule has 1 aromatic rings. The van der Waals surface area contributed by atoms with Crippen molar-refractivity contribution in [3.05, 3.63) is 23.9 Å². The smallest absolute Gasteiger partial charge is 0.128 e. The summed E-state index contributed by atoms with van der Waals surface area (Å²) in [5.41, 5.74) is 0.986. The van der Waals surface area contributed by atoms with Crippen LogP contribution in [0, 0.1) is 11.8 Å². The SMILES string of the molecule is ClCc1cccc(N2CCC3CCCCC3C2)n1. The summed E-state index contributed by atoms with van der Waals surface area (Å²) in [6, 6.07) is 6.20. The van der Waals surface area contributed by atoms with Crippen molar-refractivity contribution in [3.8, 4) is 0 Å². The first kappa shape index (κ1) is 12.3. The highest BCUT2D eigenvalue weighted by Gasteiger charge is 2.31. The van der Waals surface area contributed by atoms with E-state index in [9.17, 15) is 0 Å². The van der Waals surface area contributed by atoms with Gasteiger partial charge in [-0.1, -0.05) is 25.3 Å². The quantitative estimate of drug-likeness (QED) is 0.755. The summed E-state index contributed by atoms with van der Waals surface area (Å²) in [6.45, 7) is 2.36. The van der Waals surface area contributed by atoms with E-state index >= 15 is 0 Å². The fourth-order valence-corrected chi connectivity index (χ4v) is 3.68. The van der Waals surface area contributed by atoms with Crippen LogP contribution in [0.5, 0.6) is 0 Å². The zero-order chi connectivity index (χ0) is 12.4. The molecule has 3 rings (SSSR count). The van der Waals surface area contributed by atoms with Crippen LogP contribution in [0.2, 0.25) is 0 Å². The molecule has 0 bridgehead atoms. The summed E-state index contributed by atoms with van der Waals surface area (Å²) < 4.78 is 0. The Bertz CT molecular complexity index is 407. The predicted octanol–water partition coefficient (Wildman–Crippen LogP) is 3.84. The second-order valence-corrected chi connectivity index (χ2v) is 5.93. The van der Waals surface area contributed by atoms with Gasteiger partial charge in [-0.25, -0.2) is 4.98 Å². The molecule has 1 saturated heterocycles. The largest absolute Gasteiger partial charge is 0.356 e. The Labute approximate surface area is 114 Å². The zero-order valence-corrected chi connectivity index (χ0v) is 11.6. The topological polar surface area (TPSA) is 16.1 Å². The molecule has 2 fully saturated rings. The lowest BCUT2D eigenvalue weighted by atomic mass is 9.75. The molecule has 1 saturated carbocycles. The molecule has 2 atom stereocenters. The van der Waals surface area contributed by atoms with Crippen LogP contribution in [0.15, 0.2) is 18.2 Å². The number of halogens is 1. The zero-order valence-electron chi connectivity index (χ0n) is 10.8. The van der Waals surface area contributed by atoms with Gasteiger partial charge in [-0.3, -0.25) is 0 Å². The van der Waals surface area contributed by atoms with Gasteiger partial charge in [0.25, 0.3) is 0 Å². The highest BCUT2D eigenvalue weighted by molar-refractivity contribution is 6.16. The monoisotopic (exact) mass is 264 g/mol. The molecule has 1 aliphatic heterocycles. The van der Waals surface area contributed by atoms with Gasteiger partial charge in [0, 0.05) is 13.1 Å². The van der Waals surface area contributed by atoms with E-state index in [1.807, 2.05) is 6.07 Å². The minimum atomic E-state index is 0.508. The van der Waals surface area contributed by atoms with Crippen LogP contribution in [-0.4, -0.2) is 18.1 Å². The minimum absolute atomic E-state index is 0.508. The van der Waals surface area contributed by atoms with Crippen LogP contribution in [0.4, 0.5) is 5.82 Å². The minimum Gasteiger partial charge on any atom is -0.356 e. The molecule has 1 aliphatic carbocycles. The molecular weight excluding hydrogens is 244 g/mol. The predicted molar refractivity (Wildman–Crippen MR) is 76.1 cm³/mol. The molecule has 0 N–H and O–H groups in total. The summed E-state index contributed by atoms with van der Waals surface area (Å²) in [5.74, 6) is 3.51. The molecule has 2 unspecified atom stereocenters. The molecular formula is C15H21ClN2. The second kappa shape index (κ2) is 5.48. The Morgan fingerprint density at radius 2 is 2.00 bits per heavy atom. The van der Waals surface area contributed by atoms with Gasteiger partial charge >= 0.3 is 0 Å². The number of anilines is 1. The van der Waals surface area contributed by atoms with E-state index in [1.165, 1.54) is 45.2 Å². The Morgan fingerprint density at radius 3 is 2.83 bits per heavy atom. The molecule has 2 heterocycles. The van der Waals surface area contributed by atoms with E-state index in [1.54, 1.807) is 0 Å². The van der Waals surface area contributed by atoms with Crippen LogP contribution >= 0.6 is 11.6 Å². The number of hydrogen-bond acceptors (Lipinski definition) is 2. The number of nitrogens with zero attached hydrogens (tertiary/aromatic N) is 2. The van der Waals surface area contributed by atoms with Crippen LogP contribution in [-0.2, 0) is 5.88 Å². The number of aromatic nitrogens is 1. The van der Waals surface area contributed by atoms with Crippen molar-refractivity contribution >= 4 is 17.4 Å². The molecule has 0 spiro atoms. The Hall–Kier alpha value is -0.760. The van der Waals surface area contributed by atoms with E-state index in [-0.39, 0.29) is 0 Å². The van der Waals surface area contributed by atoms with Crippen LogP contribution in [0.1, 0.15) is 37.8 Å². The molecule has 2 aliphatic rings. The molecule has 18 heavy (non-hydrogen) atoms. The average Bonchev–Trinajstić information content (AvgIpc) is 2.47. The highest BCUT2D eigenvalue weighted by atomic mass is 35.5. The maximum absolute atomic E-state index is 5.87. The molecule has 3 heteroatoms. The summed E-state index contributed by atoms with van der Waals surface area (Å²) in [5, 5.41) is 0. The van der Waals surface area contributed by atoms with E-state index in [2.05, 4.69) is 22.0 Å². The van der Waals surface area contributed by atoms with Gasteiger partial charge in [0.2, 0.25) is 0 Å². The maximum Gasteiger partial charge on any atom is 0.128 e. The van der Waals surface area contributed by atoms with Crippen molar-refractivity contribution in [2.24, 2.45) is 11.8 Å². The molecule has 1 aromatic heterocycles. The van der Waals surface area contributed by atoms with Gasteiger partial charge in [0.15, 0.2) is 0 Å². The maximum atomic E-state index is 5.87. The number of rotatable bonds is 2. The third-order valence-electron chi connectivity index (χ3n) is 4.54. The fourth-order valence-electron chi connectivity index (χ4n) is 3.53. The number of pyridine rings is 1. The lowest BCUT2D eigenvalue weighted by molar-refractivity contribution is 0.202. The molecule has 0 amide bonds. The van der Waals surface area contributed by atoms with Gasteiger partial charge in [-0.15, -0.1) is 11.6 Å². The third kappa shape index (κ3) is 2.49. The van der Waals surface area contributed by atoms with Crippen molar-refractivity contribution in [1.82, 2.24) is 4.98 Å².